The highest BCUT2D eigenvalue weighted by atomic mass is 16.5. The molecule has 2 aromatic heterocycles. The van der Waals surface area contributed by atoms with Crippen LogP contribution in [0, 0.1) is 0 Å². The monoisotopic (exact) mass is 710 g/mol. The van der Waals surface area contributed by atoms with E-state index in [1.54, 1.807) is 0 Å². The molecule has 7 rings (SSSR count). The number of amides is 3. The number of piperidine rings is 2. The van der Waals surface area contributed by atoms with Crippen LogP contribution in [0.25, 0.3) is 22.2 Å². The zero-order valence-corrected chi connectivity index (χ0v) is 29.2. The first kappa shape index (κ1) is 36.2. The lowest BCUT2D eigenvalue weighted by Gasteiger charge is -2.33. The van der Waals surface area contributed by atoms with Gasteiger partial charge in [-0.3, -0.25) is 9.59 Å². The number of alkyl carbamates (subject to hydrolysis) is 1. The molecule has 2 aliphatic rings. The van der Waals surface area contributed by atoms with E-state index in [4.69, 9.17) is 19.3 Å². The Morgan fingerprint density at radius 3 is 1.71 bits per heavy atom. The minimum atomic E-state index is -0.510. The number of hydrogen-bond donors (Lipinski definition) is 4. The fourth-order valence-corrected chi connectivity index (χ4v) is 6.39. The number of nitrogens with one attached hydrogen (secondary N) is 3. The number of hydrogen-bond acceptors (Lipinski definition) is 11. The third kappa shape index (κ3) is 9.37. The van der Waals surface area contributed by atoms with Crippen molar-refractivity contribution in [1.29, 1.82) is 0 Å². The maximum Gasteiger partial charge on any atom is 0.407 e. The largest absolute Gasteiger partial charge is 0.445 e. The van der Waals surface area contributed by atoms with Crippen molar-refractivity contribution in [3.05, 3.63) is 84.4 Å². The van der Waals surface area contributed by atoms with E-state index in [0.29, 0.717) is 37.2 Å². The Morgan fingerprint density at radius 1 is 0.673 bits per heavy atom. The summed E-state index contributed by atoms with van der Waals surface area (Å²) in [5.74, 6) is -0.0937. The SMILES string of the molecule is NCCNC(=O)[C@@H]1CCCCN1c1nc2ccccc2o1.O=C(NCCNC(=O)[C@@H]1CCCCN1c1nc2ccccc2o1)OCc1ccccc1. The minimum absolute atomic E-state index is 0.00223. The standard InChI is InChI=1S/C23H26N4O4.C15H20N4O2/c28-21(24-13-14-25-23(29)30-16-17-8-2-1-3-9-17)19-11-6-7-15-27(19)22-26-18-10-4-5-12-20(18)31-22;16-8-9-17-14(20)12-6-3-4-10-19(12)15-18-11-5-1-2-7-13(11)21-15/h1-5,8-10,12,19H,6-7,11,13-16H2,(H,24,28)(H,25,29);1-2,5,7,12H,3-4,6,8-10,16H2,(H,17,20)/t19-;12-/m00/s1. The molecule has 0 unspecified atom stereocenters. The van der Waals surface area contributed by atoms with E-state index < -0.39 is 6.09 Å². The summed E-state index contributed by atoms with van der Waals surface area (Å²) >= 11 is 0. The maximum absolute atomic E-state index is 12.8. The summed E-state index contributed by atoms with van der Waals surface area (Å²) in [5, 5.41) is 8.41. The maximum atomic E-state index is 12.8. The first-order valence-electron chi connectivity index (χ1n) is 17.9. The molecule has 3 amide bonds. The van der Waals surface area contributed by atoms with Crippen LogP contribution in [0.15, 0.2) is 87.7 Å². The van der Waals surface area contributed by atoms with Crippen LogP contribution in [0.3, 0.4) is 0 Å². The summed E-state index contributed by atoms with van der Waals surface area (Å²) in [6.07, 6.45) is 5.07. The van der Waals surface area contributed by atoms with Gasteiger partial charge in [-0.2, -0.15) is 9.97 Å². The molecule has 0 spiro atoms. The van der Waals surface area contributed by atoms with Gasteiger partial charge in [0.2, 0.25) is 11.8 Å². The van der Waals surface area contributed by atoms with Gasteiger partial charge in [0.05, 0.1) is 0 Å². The highest BCUT2D eigenvalue weighted by molar-refractivity contribution is 5.86. The van der Waals surface area contributed by atoms with Gasteiger partial charge in [-0.1, -0.05) is 54.6 Å². The zero-order chi connectivity index (χ0) is 36.1. The van der Waals surface area contributed by atoms with Crippen LogP contribution < -0.4 is 31.5 Å². The van der Waals surface area contributed by atoms with Gasteiger partial charge in [0.25, 0.3) is 12.0 Å². The third-order valence-corrected chi connectivity index (χ3v) is 9.02. The summed E-state index contributed by atoms with van der Waals surface area (Å²) in [7, 11) is 0. The van der Waals surface area contributed by atoms with E-state index in [1.807, 2.05) is 88.7 Å². The molecule has 0 bridgehead atoms. The van der Waals surface area contributed by atoms with E-state index in [2.05, 4.69) is 25.9 Å². The predicted octanol–water partition coefficient (Wildman–Crippen LogP) is 4.49. The molecule has 14 nitrogen and oxygen atoms in total. The highest BCUT2D eigenvalue weighted by Gasteiger charge is 2.33. The van der Waals surface area contributed by atoms with Crippen LogP contribution >= 0.6 is 0 Å². The Hall–Kier alpha value is -5.63. The molecule has 4 heterocycles. The highest BCUT2D eigenvalue weighted by Crippen LogP contribution is 2.29. The molecule has 0 radical (unpaired) electrons. The number of carbonyl (C=O) groups excluding carboxylic acids is 3. The fraction of sp³-hybridized carbons (Fsp3) is 0.395. The molecule has 2 saturated heterocycles. The van der Waals surface area contributed by atoms with Crippen LogP contribution in [-0.4, -0.2) is 79.2 Å². The van der Waals surface area contributed by atoms with Crippen molar-refractivity contribution < 1.29 is 28.0 Å². The fourth-order valence-electron chi connectivity index (χ4n) is 6.39. The van der Waals surface area contributed by atoms with E-state index in [1.165, 1.54) is 0 Å². The number of para-hydroxylation sites is 4. The van der Waals surface area contributed by atoms with Crippen molar-refractivity contribution in [3.63, 3.8) is 0 Å². The third-order valence-electron chi connectivity index (χ3n) is 9.02. The van der Waals surface area contributed by atoms with Gasteiger partial charge >= 0.3 is 6.09 Å². The second-order valence-corrected chi connectivity index (χ2v) is 12.7. The summed E-state index contributed by atoms with van der Waals surface area (Å²) < 4.78 is 16.8. The van der Waals surface area contributed by atoms with Crippen molar-refractivity contribution in [3.8, 4) is 0 Å². The molecule has 5 N–H and O–H groups in total. The van der Waals surface area contributed by atoms with E-state index >= 15 is 0 Å². The Bertz CT molecular complexity index is 1850. The molecule has 2 atom stereocenters. The number of nitrogens with two attached hydrogens (primary N) is 1. The molecular weight excluding hydrogens is 664 g/mol. The lowest BCUT2D eigenvalue weighted by Crippen LogP contribution is -2.51. The predicted molar refractivity (Wildman–Crippen MR) is 198 cm³/mol. The average molecular weight is 711 g/mol. The lowest BCUT2D eigenvalue weighted by molar-refractivity contribution is -0.123. The van der Waals surface area contributed by atoms with Crippen LogP contribution in [0.2, 0.25) is 0 Å². The van der Waals surface area contributed by atoms with Gasteiger partial charge in [-0.25, -0.2) is 4.79 Å². The number of benzene rings is 3. The van der Waals surface area contributed by atoms with Gasteiger partial charge in [-0.15, -0.1) is 0 Å². The number of anilines is 2. The molecule has 0 saturated carbocycles. The molecule has 14 heteroatoms. The number of aromatic nitrogens is 2. The lowest BCUT2D eigenvalue weighted by atomic mass is 10.0. The number of carbonyl (C=O) groups is 3. The quantitative estimate of drug-likeness (QED) is 0.142. The van der Waals surface area contributed by atoms with Crippen molar-refractivity contribution in [2.24, 2.45) is 5.73 Å². The van der Waals surface area contributed by atoms with Crippen molar-refractivity contribution in [1.82, 2.24) is 25.9 Å². The number of oxazole rings is 2. The molecule has 3 aromatic carbocycles. The molecule has 52 heavy (non-hydrogen) atoms. The van der Waals surface area contributed by atoms with Gasteiger partial charge in [0, 0.05) is 39.3 Å². The first-order valence-corrected chi connectivity index (χ1v) is 17.9. The average Bonchev–Trinajstić information content (AvgIpc) is 3.83. The van der Waals surface area contributed by atoms with E-state index in [-0.39, 0.29) is 37.0 Å². The van der Waals surface area contributed by atoms with Crippen molar-refractivity contribution in [2.75, 3.05) is 49.1 Å². The number of nitrogens with zero attached hydrogens (tertiary/aromatic N) is 4. The van der Waals surface area contributed by atoms with E-state index in [0.717, 1.165) is 73.8 Å². The van der Waals surface area contributed by atoms with Gasteiger partial charge in [0.15, 0.2) is 11.2 Å². The second kappa shape index (κ2) is 18.0. The van der Waals surface area contributed by atoms with Crippen LogP contribution in [0.4, 0.5) is 16.8 Å². The minimum Gasteiger partial charge on any atom is -0.445 e. The number of ether oxygens (including phenoxy) is 1. The Balaban J connectivity index is 0.000000192. The zero-order valence-electron chi connectivity index (χ0n) is 29.2. The molecule has 274 valence electrons. The number of rotatable bonds is 11. The van der Waals surface area contributed by atoms with Gasteiger partial charge in [-0.05, 0) is 68.4 Å². The molecule has 2 fully saturated rings. The molecule has 2 aliphatic heterocycles. The summed E-state index contributed by atoms with van der Waals surface area (Å²) in [6, 6.07) is 25.1. The molecule has 5 aromatic rings. The van der Waals surface area contributed by atoms with Crippen molar-refractivity contribution in [2.45, 2.75) is 57.2 Å². The molecular formula is C38H46N8O6. The first-order chi connectivity index (χ1) is 25.5. The Kier molecular flexibility index (Phi) is 12.5. The normalized spacial score (nSPS) is 17.2. The van der Waals surface area contributed by atoms with Crippen LogP contribution in [0.5, 0.6) is 0 Å². The van der Waals surface area contributed by atoms with Gasteiger partial charge in [0.1, 0.15) is 29.7 Å². The second-order valence-electron chi connectivity index (χ2n) is 12.7. The molecule has 0 aliphatic carbocycles. The summed E-state index contributed by atoms with van der Waals surface area (Å²) in [6.45, 7) is 3.26. The smallest absolute Gasteiger partial charge is 0.407 e. The van der Waals surface area contributed by atoms with E-state index in [9.17, 15) is 14.4 Å². The topological polar surface area (TPSA) is 181 Å². The van der Waals surface area contributed by atoms with Crippen LogP contribution in [-0.2, 0) is 20.9 Å². The Labute approximate surface area is 302 Å². The summed E-state index contributed by atoms with van der Waals surface area (Å²) in [4.78, 5) is 49.8. The summed E-state index contributed by atoms with van der Waals surface area (Å²) in [5.41, 5.74) is 9.42. The van der Waals surface area contributed by atoms with Crippen molar-refractivity contribution >= 4 is 52.1 Å². The number of fused-ring (bicyclic) bond motifs is 2. The van der Waals surface area contributed by atoms with Crippen LogP contribution in [0.1, 0.15) is 44.1 Å². The Morgan fingerprint density at radius 2 is 1.17 bits per heavy atom. The van der Waals surface area contributed by atoms with Gasteiger partial charge < -0.3 is 45.1 Å².